The molecule has 1 N–H and O–H groups in total. The maximum atomic E-state index is 12.3. The molecule has 0 bridgehead atoms. The van der Waals surface area contributed by atoms with Gasteiger partial charge in [0.15, 0.2) is 0 Å². The fourth-order valence-corrected chi connectivity index (χ4v) is 3.40. The number of nitrogens with one attached hydrogen (secondary N) is 1. The van der Waals surface area contributed by atoms with E-state index in [4.69, 9.17) is 4.74 Å². The molecule has 26 heavy (non-hydrogen) atoms. The zero-order valence-corrected chi connectivity index (χ0v) is 14.7. The molecule has 0 saturated carbocycles. The quantitative estimate of drug-likeness (QED) is 0.537. The van der Waals surface area contributed by atoms with Gasteiger partial charge in [-0.2, -0.15) is 0 Å². The maximum Gasteiger partial charge on any atom is 0.266 e. The highest BCUT2D eigenvalue weighted by Crippen LogP contribution is 2.23. The van der Waals surface area contributed by atoms with Crippen molar-refractivity contribution in [2.24, 2.45) is 0 Å². The molecule has 128 valence electrons. The maximum absolute atomic E-state index is 12.3. The van der Waals surface area contributed by atoms with Crippen LogP contribution in [0.1, 0.15) is 15.2 Å². The molecule has 2 aromatic heterocycles. The summed E-state index contributed by atoms with van der Waals surface area (Å²) >= 11 is 1.39. The molecule has 5 heteroatoms. The van der Waals surface area contributed by atoms with E-state index in [-0.39, 0.29) is 5.91 Å². The number of hydrogen-bond acceptors (Lipinski definition) is 4. The van der Waals surface area contributed by atoms with Gasteiger partial charge in [0.2, 0.25) is 0 Å². The third-order valence-corrected chi connectivity index (χ3v) is 4.89. The van der Waals surface area contributed by atoms with E-state index in [1.807, 2.05) is 53.9 Å². The van der Waals surface area contributed by atoms with Crippen LogP contribution in [0.5, 0.6) is 5.75 Å². The number of thiophene rings is 1. The average molecular weight is 360 g/mol. The van der Waals surface area contributed by atoms with Crippen molar-refractivity contribution >= 4 is 33.8 Å². The van der Waals surface area contributed by atoms with Gasteiger partial charge in [-0.05, 0) is 46.5 Å². The minimum atomic E-state index is -0.161. The first-order valence-electron chi connectivity index (χ1n) is 8.19. The zero-order chi connectivity index (χ0) is 17.8. The summed E-state index contributed by atoms with van der Waals surface area (Å²) in [7, 11) is 0. The van der Waals surface area contributed by atoms with E-state index in [0.717, 1.165) is 16.7 Å². The Kier molecular flexibility index (Phi) is 4.62. The highest BCUT2D eigenvalue weighted by atomic mass is 32.1. The number of anilines is 1. The number of pyridine rings is 1. The number of rotatable bonds is 5. The van der Waals surface area contributed by atoms with Crippen LogP contribution in [-0.2, 0) is 6.61 Å². The smallest absolute Gasteiger partial charge is 0.266 e. The Morgan fingerprint density at radius 3 is 2.69 bits per heavy atom. The van der Waals surface area contributed by atoms with Gasteiger partial charge in [0, 0.05) is 11.8 Å². The van der Waals surface area contributed by atoms with Crippen LogP contribution in [0.15, 0.2) is 78.3 Å². The van der Waals surface area contributed by atoms with E-state index in [1.165, 1.54) is 16.7 Å². The van der Waals surface area contributed by atoms with Crippen molar-refractivity contribution in [3.8, 4) is 5.75 Å². The molecule has 0 aliphatic carbocycles. The fraction of sp³-hybridized carbons (Fsp3) is 0.0476. The molecule has 4 rings (SSSR count). The van der Waals surface area contributed by atoms with Crippen LogP contribution in [0.2, 0.25) is 0 Å². The molecule has 0 radical (unpaired) electrons. The number of fused-ring (bicyclic) bond motifs is 1. The van der Waals surface area contributed by atoms with Crippen molar-refractivity contribution in [2.75, 3.05) is 5.32 Å². The first-order chi connectivity index (χ1) is 12.8. The summed E-state index contributed by atoms with van der Waals surface area (Å²) in [5, 5.41) is 7.05. The summed E-state index contributed by atoms with van der Waals surface area (Å²) in [5.74, 6) is 1.19. The molecular formula is C21H16N2O2S. The number of nitrogens with zero attached hydrogens (tertiary/aromatic N) is 1. The normalized spacial score (nSPS) is 10.6. The van der Waals surface area contributed by atoms with Crippen molar-refractivity contribution < 1.29 is 9.53 Å². The van der Waals surface area contributed by atoms with E-state index in [1.54, 1.807) is 12.3 Å². The van der Waals surface area contributed by atoms with E-state index >= 15 is 0 Å². The predicted molar refractivity (Wildman–Crippen MR) is 105 cm³/mol. The number of carbonyl (C=O) groups excluding carboxylic acids is 1. The lowest BCUT2D eigenvalue weighted by atomic mass is 10.1. The molecule has 4 nitrogen and oxygen atoms in total. The van der Waals surface area contributed by atoms with Crippen LogP contribution >= 0.6 is 11.3 Å². The Hall–Kier alpha value is -3.18. The summed E-state index contributed by atoms with van der Waals surface area (Å²) in [6.45, 7) is 0.422. The van der Waals surface area contributed by atoms with Gasteiger partial charge in [0.1, 0.15) is 18.2 Å². The SMILES string of the molecule is O=C(Nc1ccccn1)c1cc(COc2ccc3ccccc3c2)cs1. The molecule has 0 aliphatic heterocycles. The van der Waals surface area contributed by atoms with Crippen LogP contribution < -0.4 is 10.1 Å². The molecule has 4 aromatic rings. The molecular weight excluding hydrogens is 344 g/mol. The molecule has 1 amide bonds. The lowest BCUT2D eigenvalue weighted by Crippen LogP contribution is -2.11. The van der Waals surface area contributed by atoms with Crippen molar-refractivity contribution in [3.05, 3.63) is 88.7 Å². The van der Waals surface area contributed by atoms with Gasteiger partial charge in [-0.15, -0.1) is 11.3 Å². The second-order valence-corrected chi connectivity index (χ2v) is 6.70. The number of benzene rings is 2. The van der Waals surface area contributed by atoms with E-state index in [2.05, 4.69) is 22.4 Å². The van der Waals surface area contributed by atoms with E-state index < -0.39 is 0 Å². The van der Waals surface area contributed by atoms with Gasteiger partial charge in [-0.25, -0.2) is 4.98 Å². The van der Waals surface area contributed by atoms with Crippen LogP contribution in [0.3, 0.4) is 0 Å². The van der Waals surface area contributed by atoms with Gasteiger partial charge < -0.3 is 10.1 Å². The van der Waals surface area contributed by atoms with E-state index in [9.17, 15) is 4.79 Å². The summed E-state index contributed by atoms with van der Waals surface area (Å²) < 4.78 is 5.87. The number of hydrogen-bond donors (Lipinski definition) is 1. The number of ether oxygens (including phenoxy) is 1. The molecule has 0 spiro atoms. The molecule has 0 fully saturated rings. The van der Waals surface area contributed by atoms with Gasteiger partial charge in [-0.3, -0.25) is 4.79 Å². The Morgan fingerprint density at radius 1 is 1.00 bits per heavy atom. The Labute approximate surface area is 155 Å². The largest absolute Gasteiger partial charge is 0.489 e. The van der Waals surface area contributed by atoms with Crippen molar-refractivity contribution in [3.63, 3.8) is 0 Å². The minimum Gasteiger partial charge on any atom is -0.489 e. The average Bonchev–Trinajstić information content (AvgIpc) is 3.16. The molecule has 2 heterocycles. The Balaban J connectivity index is 1.40. The lowest BCUT2D eigenvalue weighted by Gasteiger charge is -2.06. The zero-order valence-electron chi connectivity index (χ0n) is 13.9. The number of amides is 1. The summed E-state index contributed by atoms with van der Waals surface area (Å²) in [6.07, 6.45) is 1.65. The second kappa shape index (κ2) is 7.37. The second-order valence-electron chi connectivity index (χ2n) is 5.79. The van der Waals surface area contributed by atoms with Crippen molar-refractivity contribution in [2.45, 2.75) is 6.61 Å². The van der Waals surface area contributed by atoms with Gasteiger partial charge in [0.05, 0.1) is 4.88 Å². The number of carbonyl (C=O) groups is 1. The third-order valence-electron chi connectivity index (χ3n) is 3.91. The molecule has 2 aromatic carbocycles. The lowest BCUT2D eigenvalue weighted by molar-refractivity contribution is 0.103. The van der Waals surface area contributed by atoms with Crippen LogP contribution in [0.25, 0.3) is 10.8 Å². The summed E-state index contributed by atoms with van der Waals surface area (Å²) in [6, 6.07) is 21.5. The van der Waals surface area contributed by atoms with Crippen molar-refractivity contribution in [1.82, 2.24) is 4.98 Å². The predicted octanol–water partition coefficient (Wildman–Crippen LogP) is 5.13. The number of aromatic nitrogens is 1. The van der Waals surface area contributed by atoms with Gasteiger partial charge in [-0.1, -0.05) is 36.4 Å². The third kappa shape index (κ3) is 3.73. The monoisotopic (exact) mass is 360 g/mol. The standard InChI is InChI=1S/C21H16N2O2S/c24-21(23-20-7-3-4-10-22-20)19-11-15(14-26-19)13-25-18-9-8-16-5-1-2-6-17(16)12-18/h1-12,14H,13H2,(H,22,23,24). The Morgan fingerprint density at radius 2 is 1.85 bits per heavy atom. The van der Waals surface area contributed by atoms with Crippen LogP contribution in [-0.4, -0.2) is 10.9 Å². The molecule has 0 unspecified atom stereocenters. The minimum absolute atomic E-state index is 0.161. The van der Waals surface area contributed by atoms with Crippen LogP contribution in [0.4, 0.5) is 5.82 Å². The summed E-state index contributed by atoms with van der Waals surface area (Å²) in [5.41, 5.74) is 0.967. The summed E-state index contributed by atoms with van der Waals surface area (Å²) in [4.78, 5) is 17.0. The van der Waals surface area contributed by atoms with Crippen molar-refractivity contribution in [1.29, 1.82) is 0 Å². The van der Waals surface area contributed by atoms with Gasteiger partial charge in [0.25, 0.3) is 5.91 Å². The first kappa shape index (κ1) is 16.3. The fourth-order valence-electron chi connectivity index (χ4n) is 2.61. The highest BCUT2D eigenvalue weighted by molar-refractivity contribution is 7.12. The van der Waals surface area contributed by atoms with E-state index in [0.29, 0.717) is 17.3 Å². The Bertz CT molecular complexity index is 1040. The first-order valence-corrected chi connectivity index (χ1v) is 9.07. The van der Waals surface area contributed by atoms with Gasteiger partial charge >= 0.3 is 0 Å². The molecule has 0 aliphatic rings. The van der Waals surface area contributed by atoms with Crippen LogP contribution in [0, 0.1) is 0 Å². The molecule has 0 atom stereocenters. The molecule has 0 saturated heterocycles. The topological polar surface area (TPSA) is 51.2 Å². The highest BCUT2D eigenvalue weighted by Gasteiger charge is 2.10.